The van der Waals surface area contributed by atoms with E-state index in [1.54, 1.807) is 0 Å². The Kier molecular flexibility index (Phi) is 14.8. The van der Waals surface area contributed by atoms with E-state index in [4.69, 9.17) is 4.74 Å². The molecule has 0 rings (SSSR count). The number of carbonyl (C=O) groups excluding carboxylic acids is 1. The molecular weight excluding hydrogens is 200 g/mol. The highest BCUT2D eigenvalue weighted by molar-refractivity contribution is 5.85. The molecule has 1 atom stereocenters. The minimum absolute atomic E-state index is 0. The fourth-order valence-electron chi connectivity index (χ4n) is 1.44. The molecule has 0 aliphatic rings. The van der Waals surface area contributed by atoms with Crippen LogP contribution in [0.25, 0.3) is 0 Å². The molecule has 0 spiro atoms. The Morgan fingerprint density at radius 1 is 1.21 bits per heavy atom. The molecule has 0 aromatic carbocycles. The summed E-state index contributed by atoms with van der Waals surface area (Å²) in [5, 5.41) is 0. The summed E-state index contributed by atoms with van der Waals surface area (Å²) in [6.45, 7) is 5.52. The molecule has 0 saturated heterocycles. The van der Waals surface area contributed by atoms with Crippen LogP contribution in [0, 0.1) is 5.92 Å². The number of ether oxygens (including phenoxy) is 1. The van der Waals surface area contributed by atoms with Crippen LogP contribution in [0.1, 0.15) is 52.4 Å². The Hall–Kier alpha value is -0.240. The quantitative estimate of drug-likeness (QED) is 0.440. The summed E-state index contributed by atoms with van der Waals surface area (Å²) < 4.78 is 4.76. The van der Waals surface area contributed by atoms with Crippen molar-refractivity contribution in [3.8, 4) is 0 Å². The molecular formula is C11H23ClO2. The molecule has 1 unspecified atom stereocenters. The zero-order chi connectivity index (χ0) is 9.94. The van der Waals surface area contributed by atoms with Crippen molar-refractivity contribution in [2.45, 2.75) is 52.4 Å². The Morgan fingerprint density at radius 3 is 2.43 bits per heavy atom. The molecule has 0 aliphatic heterocycles. The average molecular weight is 223 g/mol. The van der Waals surface area contributed by atoms with Crippen LogP contribution in [0.2, 0.25) is 0 Å². The molecule has 0 fully saturated rings. The summed E-state index contributed by atoms with van der Waals surface area (Å²) in [5.41, 5.74) is 0. The Bertz CT molecular complexity index is 118. The fraction of sp³-hybridized carbons (Fsp3) is 0.909. The van der Waals surface area contributed by atoms with Gasteiger partial charge < -0.3 is 4.74 Å². The first-order chi connectivity index (χ1) is 6.35. The molecule has 0 aromatic rings. The summed E-state index contributed by atoms with van der Waals surface area (Å²) in [6, 6.07) is 0. The highest BCUT2D eigenvalue weighted by Crippen LogP contribution is 2.14. The van der Waals surface area contributed by atoms with Gasteiger partial charge in [0, 0.05) is 0 Å². The van der Waals surface area contributed by atoms with E-state index < -0.39 is 0 Å². The lowest BCUT2D eigenvalue weighted by atomic mass is 9.99. The van der Waals surface area contributed by atoms with Crippen LogP contribution in [0.5, 0.6) is 0 Å². The molecule has 14 heavy (non-hydrogen) atoms. The topological polar surface area (TPSA) is 26.3 Å². The molecule has 2 nitrogen and oxygen atoms in total. The summed E-state index contributed by atoms with van der Waals surface area (Å²) in [7, 11) is 0. The van der Waals surface area contributed by atoms with E-state index in [9.17, 15) is 4.79 Å². The van der Waals surface area contributed by atoms with Gasteiger partial charge in [-0.05, 0) is 12.3 Å². The third-order valence-electron chi connectivity index (χ3n) is 2.44. The number of carbonyl (C=O) groups is 1. The average Bonchev–Trinajstić information content (AvgIpc) is 2.17. The third kappa shape index (κ3) is 9.85. The second-order valence-corrected chi connectivity index (χ2v) is 3.55. The second-order valence-electron chi connectivity index (χ2n) is 3.55. The lowest BCUT2D eigenvalue weighted by Gasteiger charge is -2.12. The summed E-state index contributed by atoms with van der Waals surface area (Å²) in [4.78, 5) is 9.98. The minimum Gasteiger partial charge on any atom is -0.468 e. The summed E-state index contributed by atoms with van der Waals surface area (Å²) >= 11 is 0. The standard InChI is InChI=1S/C11H22O2.ClH/c1-3-5-6-7-8-11(4-2)9-13-10-12;/h10-11H,3-9H2,1-2H3;1H. The van der Waals surface area contributed by atoms with Crippen molar-refractivity contribution in [1.82, 2.24) is 0 Å². The van der Waals surface area contributed by atoms with Crippen LogP contribution in [0.4, 0.5) is 0 Å². The van der Waals surface area contributed by atoms with Gasteiger partial charge in [0.15, 0.2) is 0 Å². The lowest BCUT2D eigenvalue weighted by Crippen LogP contribution is -2.07. The number of unbranched alkanes of at least 4 members (excludes halogenated alkanes) is 3. The molecule has 0 N–H and O–H groups in total. The Balaban J connectivity index is 0. The van der Waals surface area contributed by atoms with Gasteiger partial charge in [-0.15, -0.1) is 12.4 Å². The maximum atomic E-state index is 9.98. The van der Waals surface area contributed by atoms with Gasteiger partial charge in [0.25, 0.3) is 6.47 Å². The van der Waals surface area contributed by atoms with Gasteiger partial charge in [-0.1, -0.05) is 46.0 Å². The van der Waals surface area contributed by atoms with Crippen LogP contribution in [-0.2, 0) is 9.53 Å². The molecule has 0 bridgehead atoms. The van der Waals surface area contributed by atoms with Crippen molar-refractivity contribution in [2.75, 3.05) is 6.61 Å². The SMILES string of the molecule is CCCCCCC(CC)COC=O.Cl. The normalized spacial score (nSPS) is 11.6. The van der Waals surface area contributed by atoms with Crippen molar-refractivity contribution < 1.29 is 9.53 Å². The number of rotatable bonds is 9. The first-order valence-corrected chi connectivity index (χ1v) is 5.40. The number of hydrogen-bond acceptors (Lipinski definition) is 2. The van der Waals surface area contributed by atoms with Crippen LogP contribution >= 0.6 is 12.4 Å². The molecule has 86 valence electrons. The minimum atomic E-state index is 0. The molecule has 0 aliphatic carbocycles. The predicted octanol–water partition coefficient (Wildman–Crippen LogP) is 3.58. The van der Waals surface area contributed by atoms with E-state index in [1.165, 1.54) is 32.1 Å². The first kappa shape index (κ1) is 16.2. The zero-order valence-corrected chi connectivity index (χ0v) is 10.1. The highest BCUT2D eigenvalue weighted by Gasteiger charge is 2.05. The van der Waals surface area contributed by atoms with E-state index in [2.05, 4.69) is 13.8 Å². The van der Waals surface area contributed by atoms with Gasteiger partial charge >= 0.3 is 0 Å². The summed E-state index contributed by atoms with van der Waals surface area (Å²) in [6.07, 6.45) is 7.50. The fourth-order valence-corrected chi connectivity index (χ4v) is 1.44. The maximum Gasteiger partial charge on any atom is 0.293 e. The van der Waals surface area contributed by atoms with Crippen molar-refractivity contribution in [2.24, 2.45) is 5.92 Å². The highest BCUT2D eigenvalue weighted by atomic mass is 35.5. The van der Waals surface area contributed by atoms with E-state index in [-0.39, 0.29) is 12.4 Å². The van der Waals surface area contributed by atoms with Crippen LogP contribution in [-0.4, -0.2) is 13.1 Å². The molecule has 3 heteroatoms. The van der Waals surface area contributed by atoms with Crippen LogP contribution < -0.4 is 0 Å². The van der Waals surface area contributed by atoms with Crippen molar-refractivity contribution >= 4 is 18.9 Å². The van der Waals surface area contributed by atoms with E-state index in [0.717, 1.165) is 6.42 Å². The Labute approximate surface area is 93.8 Å². The summed E-state index contributed by atoms with van der Waals surface area (Å²) in [5.74, 6) is 0.571. The van der Waals surface area contributed by atoms with Crippen LogP contribution in [0.15, 0.2) is 0 Å². The predicted molar refractivity (Wildman–Crippen MR) is 61.8 cm³/mol. The van der Waals surface area contributed by atoms with Crippen molar-refractivity contribution in [1.29, 1.82) is 0 Å². The number of halogens is 1. The molecule has 0 saturated carbocycles. The van der Waals surface area contributed by atoms with Crippen molar-refractivity contribution in [3.63, 3.8) is 0 Å². The molecule has 0 aromatic heterocycles. The van der Waals surface area contributed by atoms with E-state index in [0.29, 0.717) is 19.0 Å². The van der Waals surface area contributed by atoms with Gasteiger partial charge in [-0.25, -0.2) is 0 Å². The van der Waals surface area contributed by atoms with Gasteiger partial charge in [0.1, 0.15) is 0 Å². The molecule has 0 heterocycles. The van der Waals surface area contributed by atoms with Crippen LogP contribution in [0.3, 0.4) is 0 Å². The first-order valence-electron chi connectivity index (χ1n) is 5.40. The number of hydrogen-bond donors (Lipinski definition) is 0. The third-order valence-corrected chi connectivity index (χ3v) is 2.44. The van der Waals surface area contributed by atoms with Gasteiger partial charge in [0.05, 0.1) is 6.61 Å². The lowest BCUT2D eigenvalue weighted by molar-refractivity contribution is -0.130. The second kappa shape index (κ2) is 12.8. The van der Waals surface area contributed by atoms with E-state index in [1.807, 2.05) is 0 Å². The molecule has 0 radical (unpaired) electrons. The van der Waals surface area contributed by atoms with Gasteiger partial charge in [-0.3, -0.25) is 4.79 Å². The smallest absolute Gasteiger partial charge is 0.293 e. The maximum absolute atomic E-state index is 9.98. The molecule has 0 amide bonds. The Morgan fingerprint density at radius 2 is 1.93 bits per heavy atom. The largest absolute Gasteiger partial charge is 0.468 e. The van der Waals surface area contributed by atoms with Gasteiger partial charge in [-0.2, -0.15) is 0 Å². The monoisotopic (exact) mass is 222 g/mol. The zero-order valence-electron chi connectivity index (χ0n) is 9.33. The van der Waals surface area contributed by atoms with Crippen molar-refractivity contribution in [3.05, 3.63) is 0 Å². The van der Waals surface area contributed by atoms with Gasteiger partial charge in [0.2, 0.25) is 0 Å². The van der Waals surface area contributed by atoms with E-state index >= 15 is 0 Å².